The van der Waals surface area contributed by atoms with Crippen molar-refractivity contribution in [1.29, 1.82) is 0 Å². The third kappa shape index (κ3) is 4.79. The molecule has 0 saturated carbocycles. The SMILES string of the molecule is CC(C)C(C)(c1ccc(OCc2ccccn2)cc1)c1ccc(-c2ccc(N3CCC3)nc2)cc1. The van der Waals surface area contributed by atoms with Crippen molar-refractivity contribution in [2.24, 2.45) is 5.92 Å². The molecule has 4 nitrogen and oxygen atoms in total. The molecule has 1 fully saturated rings. The Morgan fingerprint density at radius 2 is 1.51 bits per heavy atom. The smallest absolute Gasteiger partial charge is 0.130 e. The maximum atomic E-state index is 5.95. The van der Waals surface area contributed by atoms with E-state index in [1.807, 2.05) is 24.4 Å². The summed E-state index contributed by atoms with van der Waals surface area (Å²) < 4.78 is 5.95. The van der Waals surface area contributed by atoms with Crippen molar-refractivity contribution in [3.8, 4) is 16.9 Å². The summed E-state index contributed by atoms with van der Waals surface area (Å²) >= 11 is 0. The standard InChI is InChI=1S/C31H33N3O/c1-23(2)31(3,27-13-15-29(16-14-27)35-22-28-7-4-5-18-32-28)26-11-8-24(9-12-26)25-10-17-30(33-21-25)34-19-6-20-34/h4-5,7-18,21,23H,6,19-20,22H2,1-3H3. The summed E-state index contributed by atoms with van der Waals surface area (Å²) in [5, 5.41) is 0. The predicted octanol–water partition coefficient (Wildman–Crippen LogP) is 6.89. The van der Waals surface area contributed by atoms with Crippen molar-refractivity contribution < 1.29 is 4.74 Å². The van der Waals surface area contributed by atoms with Gasteiger partial charge in [-0.2, -0.15) is 0 Å². The van der Waals surface area contributed by atoms with Gasteiger partial charge in [0, 0.05) is 36.5 Å². The first-order valence-electron chi connectivity index (χ1n) is 12.5. The highest BCUT2D eigenvalue weighted by Crippen LogP contribution is 2.40. The van der Waals surface area contributed by atoms with Gasteiger partial charge in [-0.1, -0.05) is 63.2 Å². The van der Waals surface area contributed by atoms with E-state index in [1.54, 1.807) is 6.20 Å². The van der Waals surface area contributed by atoms with Crippen molar-refractivity contribution >= 4 is 5.82 Å². The van der Waals surface area contributed by atoms with Crippen LogP contribution in [-0.4, -0.2) is 23.1 Å². The molecule has 0 N–H and O–H groups in total. The van der Waals surface area contributed by atoms with Crippen LogP contribution < -0.4 is 9.64 Å². The number of anilines is 1. The summed E-state index contributed by atoms with van der Waals surface area (Å²) in [7, 11) is 0. The fraction of sp³-hybridized carbons (Fsp3) is 0.290. The molecule has 2 aromatic carbocycles. The van der Waals surface area contributed by atoms with Gasteiger partial charge in [0.05, 0.1) is 5.69 Å². The first kappa shape index (κ1) is 23.1. The molecule has 1 aliphatic rings. The van der Waals surface area contributed by atoms with Gasteiger partial charge in [-0.05, 0) is 65.4 Å². The summed E-state index contributed by atoms with van der Waals surface area (Å²) in [6.07, 6.45) is 5.05. The highest BCUT2D eigenvalue weighted by Gasteiger charge is 2.32. The van der Waals surface area contributed by atoms with Crippen molar-refractivity contribution in [3.63, 3.8) is 0 Å². The van der Waals surface area contributed by atoms with Gasteiger partial charge in [0.15, 0.2) is 0 Å². The van der Waals surface area contributed by atoms with Crippen LogP contribution in [0, 0.1) is 5.92 Å². The first-order chi connectivity index (χ1) is 17.0. The van der Waals surface area contributed by atoms with E-state index >= 15 is 0 Å². The number of nitrogens with zero attached hydrogens (tertiary/aromatic N) is 3. The van der Waals surface area contributed by atoms with Crippen molar-refractivity contribution in [3.05, 3.63) is 108 Å². The molecule has 0 spiro atoms. The van der Waals surface area contributed by atoms with E-state index in [0.717, 1.165) is 35.9 Å². The quantitative estimate of drug-likeness (QED) is 0.285. The molecule has 1 atom stereocenters. The van der Waals surface area contributed by atoms with Gasteiger partial charge < -0.3 is 9.64 Å². The van der Waals surface area contributed by atoms with Gasteiger partial charge >= 0.3 is 0 Å². The minimum absolute atomic E-state index is 0.113. The van der Waals surface area contributed by atoms with Gasteiger partial charge in [0.2, 0.25) is 0 Å². The fourth-order valence-electron chi connectivity index (χ4n) is 4.67. The summed E-state index contributed by atoms with van der Waals surface area (Å²) in [4.78, 5) is 11.3. The third-order valence-corrected chi connectivity index (χ3v) is 7.47. The molecular weight excluding hydrogens is 430 g/mol. The van der Waals surface area contributed by atoms with Gasteiger partial charge in [-0.25, -0.2) is 4.98 Å². The molecule has 178 valence electrons. The highest BCUT2D eigenvalue weighted by molar-refractivity contribution is 5.65. The Labute approximate surface area is 208 Å². The maximum Gasteiger partial charge on any atom is 0.130 e. The number of ether oxygens (including phenoxy) is 1. The molecule has 1 unspecified atom stereocenters. The Morgan fingerprint density at radius 3 is 2.06 bits per heavy atom. The van der Waals surface area contributed by atoms with Crippen LogP contribution in [0.1, 0.15) is 44.0 Å². The fourth-order valence-corrected chi connectivity index (χ4v) is 4.67. The van der Waals surface area contributed by atoms with Gasteiger partial charge in [0.25, 0.3) is 0 Å². The Balaban J connectivity index is 1.33. The molecular formula is C31H33N3O. The normalized spacial score (nSPS) is 14.9. The second-order valence-corrected chi connectivity index (χ2v) is 9.81. The molecule has 0 bridgehead atoms. The van der Waals surface area contributed by atoms with Crippen LogP contribution >= 0.6 is 0 Å². The minimum Gasteiger partial charge on any atom is -0.487 e. The average Bonchev–Trinajstić information content (AvgIpc) is 2.87. The molecule has 4 heteroatoms. The minimum atomic E-state index is -0.113. The lowest BCUT2D eigenvalue weighted by Gasteiger charge is -2.35. The van der Waals surface area contributed by atoms with E-state index in [1.165, 1.54) is 23.1 Å². The molecule has 1 aliphatic heterocycles. The second kappa shape index (κ2) is 9.91. The number of pyridine rings is 2. The molecule has 5 rings (SSSR count). The van der Waals surface area contributed by atoms with Crippen LogP contribution in [0.25, 0.3) is 11.1 Å². The molecule has 35 heavy (non-hydrogen) atoms. The van der Waals surface area contributed by atoms with E-state index in [0.29, 0.717) is 12.5 Å². The Bertz CT molecular complexity index is 1230. The maximum absolute atomic E-state index is 5.95. The molecule has 0 aliphatic carbocycles. The monoisotopic (exact) mass is 463 g/mol. The summed E-state index contributed by atoms with van der Waals surface area (Å²) in [6, 6.07) is 27.7. The lowest BCUT2D eigenvalue weighted by molar-refractivity contribution is 0.301. The van der Waals surface area contributed by atoms with Crippen LogP contribution in [0.5, 0.6) is 5.75 Å². The predicted molar refractivity (Wildman–Crippen MR) is 143 cm³/mol. The van der Waals surface area contributed by atoms with Crippen LogP contribution in [-0.2, 0) is 12.0 Å². The Hall–Kier alpha value is -3.66. The Morgan fingerprint density at radius 1 is 0.829 bits per heavy atom. The molecule has 0 amide bonds. The van der Waals surface area contributed by atoms with E-state index in [2.05, 4.69) is 96.3 Å². The molecule has 0 radical (unpaired) electrons. The van der Waals surface area contributed by atoms with Crippen molar-refractivity contribution in [1.82, 2.24) is 9.97 Å². The van der Waals surface area contributed by atoms with Crippen LogP contribution in [0.2, 0.25) is 0 Å². The third-order valence-electron chi connectivity index (χ3n) is 7.47. The lowest BCUT2D eigenvalue weighted by Crippen LogP contribution is -2.37. The van der Waals surface area contributed by atoms with Crippen LogP contribution in [0.4, 0.5) is 5.82 Å². The topological polar surface area (TPSA) is 38.2 Å². The zero-order valence-corrected chi connectivity index (χ0v) is 20.8. The second-order valence-electron chi connectivity index (χ2n) is 9.81. The largest absolute Gasteiger partial charge is 0.487 e. The van der Waals surface area contributed by atoms with Crippen molar-refractivity contribution in [2.75, 3.05) is 18.0 Å². The summed E-state index contributed by atoms with van der Waals surface area (Å²) in [6.45, 7) is 9.62. The number of hydrogen-bond acceptors (Lipinski definition) is 4. The molecule has 1 saturated heterocycles. The van der Waals surface area contributed by atoms with Gasteiger partial charge in [-0.15, -0.1) is 0 Å². The zero-order valence-electron chi connectivity index (χ0n) is 20.8. The first-order valence-corrected chi connectivity index (χ1v) is 12.5. The average molecular weight is 464 g/mol. The van der Waals surface area contributed by atoms with Crippen LogP contribution in [0.3, 0.4) is 0 Å². The lowest BCUT2D eigenvalue weighted by atomic mass is 9.68. The number of hydrogen-bond donors (Lipinski definition) is 0. The zero-order chi connectivity index (χ0) is 24.3. The van der Waals surface area contributed by atoms with E-state index < -0.39 is 0 Å². The highest BCUT2D eigenvalue weighted by atomic mass is 16.5. The van der Waals surface area contributed by atoms with Gasteiger partial charge in [0.1, 0.15) is 18.2 Å². The number of benzene rings is 2. The summed E-state index contributed by atoms with van der Waals surface area (Å²) in [5.41, 5.74) is 5.75. The number of rotatable bonds is 8. The number of aromatic nitrogens is 2. The molecule has 4 aromatic rings. The van der Waals surface area contributed by atoms with E-state index in [4.69, 9.17) is 4.74 Å². The Kier molecular flexibility index (Phi) is 6.54. The van der Waals surface area contributed by atoms with Gasteiger partial charge in [-0.3, -0.25) is 4.98 Å². The van der Waals surface area contributed by atoms with E-state index in [-0.39, 0.29) is 5.41 Å². The van der Waals surface area contributed by atoms with E-state index in [9.17, 15) is 0 Å². The van der Waals surface area contributed by atoms with Crippen molar-refractivity contribution in [2.45, 2.75) is 39.2 Å². The molecule has 2 aromatic heterocycles. The van der Waals surface area contributed by atoms with Crippen LogP contribution in [0.15, 0.2) is 91.3 Å². The molecule has 3 heterocycles. The summed E-state index contributed by atoms with van der Waals surface area (Å²) in [5.74, 6) is 2.36.